The van der Waals surface area contributed by atoms with Gasteiger partial charge in [0.25, 0.3) is 10.0 Å². The van der Waals surface area contributed by atoms with Crippen LogP contribution in [0.1, 0.15) is 4.88 Å². The molecule has 0 aliphatic heterocycles. The van der Waals surface area contributed by atoms with Crippen molar-refractivity contribution in [3.63, 3.8) is 0 Å². The van der Waals surface area contributed by atoms with E-state index >= 15 is 0 Å². The molecule has 2 N–H and O–H groups in total. The Morgan fingerprint density at radius 2 is 2.18 bits per heavy atom. The molecule has 0 atom stereocenters. The zero-order valence-electron chi connectivity index (χ0n) is 6.23. The number of nitrogens with zero attached hydrogens (tertiary/aromatic N) is 1. The predicted molar refractivity (Wildman–Crippen MR) is 44.0 cm³/mol. The van der Waals surface area contributed by atoms with Crippen LogP contribution in [0.4, 0.5) is 0 Å². The zero-order chi connectivity index (χ0) is 7.78. The molecule has 0 unspecified atom stereocenters. The van der Waals surface area contributed by atoms with Gasteiger partial charge in [-0.15, -0.1) is 11.3 Å². The first-order valence-corrected chi connectivity index (χ1v) is 4.81. The van der Waals surface area contributed by atoms with Crippen molar-refractivity contribution < 1.29 is 8.42 Å². The van der Waals surface area contributed by atoms with Gasteiger partial charge < -0.3 is 0 Å². The van der Waals surface area contributed by atoms with Crippen LogP contribution in [0.3, 0.4) is 0 Å². The molecule has 1 aromatic rings. The van der Waals surface area contributed by atoms with Gasteiger partial charge in [0.2, 0.25) is 4.34 Å². The third-order valence-corrected chi connectivity index (χ3v) is 3.09. The fourth-order valence-corrected chi connectivity index (χ4v) is 2.01. The van der Waals surface area contributed by atoms with Gasteiger partial charge in [-0.1, -0.05) is 0 Å². The minimum absolute atomic E-state index is 0. The summed E-state index contributed by atoms with van der Waals surface area (Å²) in [4.78, 5) is 4.43. The van der Waals surface area contributed by atoms with Crippen LogP contribution in [0.5, 0.6) is 0 Å². The number of thiazole rings is 1. The number of hydrogen-bond donors (Lipinski definition) is 1. The van der Waals surface area contributed by atoms with E-state index in [9.17, 15) is 8.42 Å². The van der Waals surface area contributed by atoms with Crippen LogP contribution in [0.25, 0.3) is 0 Å². The van der Waals surface area contributed by atoms with Crippen LogP contribution in [-0.2, 0) is 10.0 Å². The van der Waals surface area contributed by atoms with E-state index in [0.717, 1.165) is 16.2 Å². The normalized spacial score (nSPS) is 10.7. The second-order valence-electron chi connectivity index (χ2n) is 1.78. The van der Waals surface area contributed by atoms with E-state index in [2.05, 4.69) is 4.98 Å². The molecule has 57 valence electrons. The summed E-state index contributed by atoms with van der Waals surface area (Å²) >= 11 is 1.07. The molecule has 1 heterocycles. The largest absolute Gasteiger partial charge is 0.265 e. The number of primary sulfonamides is 1. The van der Waals surface area contributed by atoms with E-state index in [-0.39, 0.29) is 55.7 Å². The van der Waals surface area contributed by atoms with Crippen molar-refractivity contribution in [2.24, 2.45) is 5.14 Å². The van der Waals surface area contributed by atoms with E-state index in [0.29, 0.717) is 0 Å². The summed E-state index contributed by atoms with van der Waals surface area (Å²) in [6.45, 7) is 1.77. The second kappa shape index (κ2) is 4.42. The summed E-state index contributed by atoms with van der Waals surface area (Å²) < 4.78 is 21.1. The molecule has 1 radical (unpaired) electrons. The Labute approximate surface area is 112 Å². The van der Waals surface area contributed by atoms with Crippen LogP contribution in [0, 0.1) is 6.92 Å². The molecule has 0 saturated carbocycles. The maximum absolute atomic E-state index is 10.6. The molecule has 0 aromatic carbocycles. The molecule has 4 nitrogen and oxygen atoms in total. The van der Waals surface area contributed by atoms with Crippen molar-refractivity contribution in [3.8, 4) is 0 Å². The molecular weight excluding hydrogens is 211 g/mol. The van der Waals surface area contributed by atoms with E-state index in [1.54, 1.807) is 6.92 Å². The average molecular weight is 217 g/mol. The SMILES string of the molecule is Cc1cnc(S(N)(=O)=O)s1.[K]. The van der Waals surface area contributed by atoms with Crippen LogP contribution in [0.15, 0.2) is 10.5 Å². The topological polar surface area (TPSA) is 73.0 Å². The van der Waals surface area contributed by atoms with Gasteiger partial charge in [0, 0.05) is 62.5 Å². The summed E-state index contributed by atoms with van der Waals surface area (Å²) in [6, 6.07) is 0. The van der Waals surface area contributed by atoms with Crippen molar-refractivity contribution in [2.45, 2.75) is 11.3 Å². The molecule has 0 amide bonds. The van der Waals surface area contributed by atoms with Crippen LogP contribution >= 0.6 is 11.3 Å². The number of sulfonamides is 1. The maximum atomic E-state index is 10.6. The Hall–Kier alpha value is 1.18. The third-order valence-electron chi connectivity index (χ3n) is 0.843. The van der Waals surface area contributed by atoms with E-state index in [4.69, 9.17) is 5.14 Å². The summed E-state index contributed by atoms with van der Waals surface area (Å²) in [7, 11) is -3.57. The van der Waals surface area contributed by atoms with Crippen LogP contribution in [-0.4, -0.2) is 64.8 Å². The smallest absolute Gasteiger partial charge is 0.232 e. The third kappa shape index (κ3) is 3.60. The molecule has 0 bridgehead atoms. The fraction of sp³-hybridized carbons (Fsp3) is 0.250. The number of aromatic nitrogens is 1. The Morgan fingerprint density at radius 3 is 2.36 bits per heavy atom. The van der Waals surface area contributed by atoms with Gasteiger partial charge in [0.05, 0.1) is 0 Å². The summed E-state index contributed by atoms with van der Waals surface area (Å²) in [5.41, 5.74) is 0. The van der Waals surface area contributed by atoms with Crippen molar-refractivity contribution >= 4 is 72.7 Å². The maximum Gasteiger partial charge on any atom is 0.265 e. The van der Waals surface area contributed by atoms with E-state index in [1.165, 1.54) is 6.20 Å². The van der Waals surface area contributed by atoms with E-state index < -0.39 is 10.0 Å². The quantitative estimate of drug-likeness (QED) is 0.657. The Kier molecular flexibility index (Phi) is 4.90. The van der Waals surface area contributed by atoms with Gasteiger partial charge in [-0.3, -0.25) is 0 Å². The average Bonchev–Trinajstić information content (AvgIpc) is 2.11. The Bertz CT molecular complexity index is 332. The monoisotopic (exact) mass is 217 g/mol. The summed E-state index contributed by atoms with van der Waals surface area (Å²) in [6.07, 6.45) is 1.48. The van der Waals surface area contributed by atoms with Crippen molar-refractivity contribution in [3.05, 3.63) is 11.1 Å². The molecule has 0 spiro atoms. The van der Waals surface area contributed by atoms with Crippen molar-refractivity contribution in [1.82, 2.24) is 4.98 Å². The first-order chi connectivity index (χ1) is 4.50. The molecule has 1 rings (SSSR count). The number of nitrogens with two attached hydrogens (primary N) is 1. The second-order valence-corrected chi connectivity index (χ2v) is 4.75. The van der Waals surface area contributed by atoms with Gasteiger partial charge in [0.1, 0.15) is 0 Å². The molecule has 0 fully saturated rings. The Morgan fingerprint density at radius 1 is 1.64 bits per heavy atom. The van der Waals surface area contributed by atoms with Gasteiger partial charge >= 0.3 is 0 Å². The zero-order valence-corrected chi connectivity index (χ0v) is 11.0. The Balaban J connectivity index is 0.000001000. The minimum atomic E-state index is -3.57. The molecule has 0 aliphatic rings. The standard InChI is InChI=1S/C4H6N2O2S2.K/c1-3-2-6-4(9-3)10(5,7)8;/h2H,1H3,(H2,5,7,8);. The first kappa shape index (κ1) is 12.2. The predicted octanol–water partition coefficient (Wildman–Crippen LogP) is -0.282. The van der Waals surface area contributed by atoms with Crippen molar-refractivity contribution in [2.75, 3.05) is 0 Å². The van der Waals surface area contributed by atoms with Gasteiger partial charge in [0.15, 0.2) is 0 Å². The van der Waals surface area contributed by atoms with Crippen molar-refractivity contribution in [1.29, 1.82) is 0 Å². The molecule has 11 heavy (non-hydrogen) atoms. The minimum Gasteiger partial charge on any atom is -0.232 e. The molecule has 7 heteroatoms. The van der Waals surface area contributed by atoms with Crippen LogP contribution in [0.2, 0.25) is 0 Å². The van der Waals surface area contributed by atoms with Gasteiger partial charge in [-0.2, -0.15) is 0 Å². The molecule has 1 aromatic heterocycles. The number of rotatable bonds is 1. The fourth-order valence-electron chi connectivity index (χ4n) is 0.466. The number of aryl methyl sites for hydroxylation is 1. The van der Waals surface area contributed by atoms with E-state index in [1.807, 2.05) is 0 Å². The first-order valence-electron chi connectivity index (χ1n) is 2.45. The molecule has 0 aliphatic carbocycles. The molecular formula is C4H6KN2O2S2. The van der Waals surface area contributed by atoms with Gasteiger partial charge in [-0.25, -0.2) is 18.5 Å². The van der Waals surface area contributed by atoms with Crippen LogP contribution < -0.4 is 5.14 Å². The number of hydrogen-bond acceptors (Lipinski definition) is 4. The summed E-state index contributed by atoms with van der Waals surface area (Å²) in [5, 5.41) is 4.79. The summed E-state index contributed by atoms with van der Waals surface area (Å²) in [5.74, 6) is 0. The molecule has 0 saturated heterocycles. The van der Waals surface area contributed by atoms with Gasteiger partial charge in [-0.05, 0) is 6.92 Å².